The van der Waals surface area contributed by atoms with Crippen LogP contribution in [0.3, 0.4) is 0 Å². The highest BCUT2D eigenvalue weighted by Crippen LogP contribution is 2.29. The average Bonchev–Trinajstić information content (AvgIpc) is 3.05. The van der Waals surface area contributed by atoms with Crippen molar-refractivity contribution in [3.63, 3.8) is 0 Å². The molecule has 25 heavy (non-hydrogen) atoms. The highest BCUT2D eigenvalue weighted by atomic mass is 32.2. The zero-order chi connectivity index (χ0) is 18.2. The Morgan fingerprint density at radius 1 is 0.960 bits per heavy atom. The molecule has 142 valence electrons. The largest absolute Gasteiger partial charge is 0.312 e. The number of nitrogens with zero attached hydrogens (tertiary/aromatic N) is 5. The van der Waals surface area contributed by atoms with Gasteiger partial charge in [-0.2, -0.15) is 4.31 Å². The van der Waals surface area contributed by atoms with Crippen LogP contribution in [0.4, 0.5) is 0 Å². The van der Waals surface area contributed by atoms with Gasteiger partial charge in [0.15, 0.2) is 0 Å². The summed E-state index contributed by atoms with van der Waals surface area (Å²) in [5.41, 5.74) is 0. The molecule has 0 saturated carbocycles. The molecule has 2 aliphatic heterocycles. The van der Waals surface area contributed by atoms with Gasteiger partial charge in [-0.1, -0.05) is 0 Å². The highest BCUT2D eigenvalue weighted by molar-refractivity contribution is 7.89. The molecule has 9 nitrogen and oxygen atoms in total. The van der Waals surface area contributed by atoms with Crippen LogP contribution in [0.15, 0.2) is 0 Å². The molecule has 0 aromatic carbocycles. The van der Waals surface area contributed by atoms with E-state index in [1.54, 1.807) is 18.2 Å². The SMILES string of the molecule is CCS(=O)(=O)N1CCn2c(nnc2C2CCCN(S(=O)(=O)CC)C2)C1. The van der Waals surface area contributed by atoms with Gasteiger partial charge >= 0.3 is 0 Å². The topological polar surface area (TPSA) is 105 Å². The van der Waals surface area contributed by atoms with Crippen molar-refractivity contribution in [1.82, 2.24) is 23.4 Å². The van der Waals surface area contributed by atoms with E-state index in [9.17, 15) is 16.8 Å². The Morgan fingerprint density at radius 3 is 2.32 bits per heavy atom. The fourth-order valence-electron chi connectivity index (χ4n) is 3.47. The summed E-state index contributed by atoms with van der Waals surface area (Å²) in [7, 11) is -6.46. The molecule has 2 aliphatic rings. The normalized spacial score (nSPS) is 23.5. The van der Waals surface area contributed by atoms with E-state index in [2.05, 4.69) is 10.2 Å². The first-order chi connectivity index (χ1) is 11.8. The molecule has 3 heterocycles. The molecule has 1 saturated heterocycles. The fraction of sp³-hybridized carbons (Fsp3) is 0.857. The van der Waals surface area contributed by atoms with E-state index in [1.807, 2.05) is 4.57 Å². The van der Waals surface area contributed by atoms with E-state index in [0.717, 1.165) is 18.7 Å². The van der Waals surface area contributed by atoms with Gasteiger partial charge < -0.3 is 4.57 Å². The monoisotopic (exact) mass is 391 g/mol. The standard InChI is InChI=1S/C14H25N5O4S2/c1-3-24(20,21)17-7-5-6-12(10-17)14-16-15-13-11-18(8-9-19(13)14)25(22,23)4-2/h12H,3-11H2,1-2H3. The minimum atomic E-state index is -3.25. The summed E-state index contributed by atoms with van der Waals surface area (Å²) in [6, 6.07) is 0. The maximum atomic E-state index is 12.2. The van der Waals surface area contributed by atoms with Gasteiger partial charge in [0.1, 0.15) is 11.6 Å². The first kappa shape index (κ1) is 18.7. The Bertz CT molecular complexity index is 833. The predicted octanol–water partition coefficient (Wildman–Crippen LogP) is -0.0275. The summed E-state index contributed by atoms with van der Waals surface area (Å²) in [6.45, 7) is 5.39. The van der Waals surface area contributed by atoms with Crippen molar-refractivity contribution in [2.45, 2.75) is 45.7 Å². The number of piperidine rings is 1. The predicted molar refractivity (Wildman–Crippen MR) is 92.9 cm³/mol. The van der Waals surface area contributed by atoms with Crippen LogP contribution < -0.4 is 0 Å². The fourth-order valence-corrected chi connectivity index (χ4v) is 5.69. The molecule has 0 aliphatic carbocycles. The van der Waals surface area contributed by atoms with Crippen molar-refractivity contribution < 1.29 is 16.8 Å². The second kappa shape index (κ2) is 6.93. The van der Waals surface area contributed by atoms with Crippen LogP contribution in [-0.4, -0.2) is 71.4 Å². The van der Waals surface area contributed by atoms with Crippen LogP contribution in [0.5, 0.6) is 0 Å². The van der Waals surface area contributed by atoms with Gasteiger partial charge in [-0.15, -0.1) is 10.2 Å². The van der Waals surface area contributed by atoms with E-state index in [1.165, 1.54) is 4.31 Å². The Kier molecular flexibility index (Phi) is 5.20. The van der Waals surface area contributed by atoms with Crippen molar-refractivity contribution in [3.05, 3.63) is 11.6 Å². The van der Waals surface area contributed by atoms with Gasteiger partial charge in [0.2, 0.25) is 20.0 Å². The third kappa shape index (κ3) is 3.60. The number of fused-ring (bicyclic) bond motifs is 1. The molecular weight excluding hydrogens is 366 g/mol. The van der Waals surface area contributed by atoms with Crippen molar-refractivity contribution in [1.29, 1.82) is 0 Å². The second-order valence-corrected chi connectivity index (χ2v) is 11.0. The number of hydrogen-bond donors (Lipinski definition) is 0. The molecule has 1 aromatic heterocycles. The van der Waals surface area contributed by atoms with Gasteiger partial charge in [0.25, 0.3) is 0 Å². The third-order valence-corrected chi connectivity index (χ3v) is 8.69. The zero-order valence-electron chi connectivity index (χ0n) is 14.6. The molecule has 0 amide bonds. The van der Waals surface area contributed by atoms with Crippen LogP contribution in [0.1, 0.15) is 44.3 Å². The molecule has 0 spiro atoms. The van der Waals surface area contributed by atoms with Crippen molar-refractivity contribution in [3.8, 4) is 0 Å². The maximum absolute atomic E-state index is 12.2. The molecule has 1 aromatic rings. The van der Waals surface area contributed by atoms with Crippen LogP contribution in [-0.2, 0) is 33.1 Å². The lowest BCUT2D eigenvalue weighted by atomic mass is 9.98. The van der Waals surface area contributed by atoms with E-state index < -0.39 is 20.0 Å². The van der Waals surface area contributed by atoms with Gasteiger partial charge in [-0.3, -0.25) is 0 Å². The zero-order valence-corrected chi connectivity index (χ0v) is 16.3. The summed E-state index contributed by atoms with van der Waals surface area (Å²) in [5, 5.41) is 8.45. The third-order valence-electron chi connectivity index (χ3n) is 5.01. The first-order valence-electron chi connectivity index (χ1n) is 8.66. The molecule has 0 radical (unpaired) electrons. The Morgan fingerprint density at radius 2 is 1.64 bits per heavy atom. The molecule has 3 rings (SSSR count). The van der Waals surface area contributed by atoms with Crippen molar-refractivity contribution in [2.75, 3.05) is 31.1 Å². The Balaban J connectivity index is 1.80. The van der Waals surface area contributed by atoms with E-state index in [4.69, 9.17) is 0 Å². The molecule has 0 N–H and O–H groups in total. The van der Waals surface area contributed by atoms with Crippen molar-refractivity contribution in [2.24, 2.45) is 0 Å². The minimum absolute atomic E-state index is 0.00524. The van der Waals surface area contributed by atoms with E-state index in [-0.39, 0.29) is 24.0 Å². The number of rotatable bonds is 5. The molecule has 1 fully saturated rings. The molecular formula is C14H25N5O4S2. The molecule has 1 unspecified atom stereocenters. The number of sulfonamides is 2. The summed E-state index contributed by atoms with van der Waals surface area (Å²) < 4.78 is 53.4. The van der Waals surface area contributed by atoms with Gasteiger partial charge in [0.05, 0.1) is 18.1 Å². The van der Waals surface area contributed by atoms with Gasteiger partial charge in [-0.25, -0.2) is 21.1 Å². The highest BCUT2D eigenvalue weighted by Gasteiger charge is 2.34. The van der Waals surface area contributed by atoms with Crippen LogP contribution in [0.2, 0.25) is 0 Å². The van der Waals surface area contributed by atoms with Gasteiger partial charge in [-0.05, 0) is 26.7 Å². The summed E-state index contributed by atoms with van der Waals surface area (Å²) >= 11 is 0. The summed E-state index contributed by atoms with van der Waals surface area (Å²) in [6.07, 6.45) is 1.66. The van der Waals surface area contributed by atoms with Gasteiger partial charge in [0, 0.05) is 32.1 Å². The van der Waals surface area contributed by atoms with Crippen LogP contribution >= 0.6 is 0 Å². The lowest BCUT2D eigenvalue weighted by Gasteiger charge is -2.32. The lowest BCUT2D eigenvalue weighted by Crippen LogP contribution is -2.42. The second-order valence-electron chi connectivity index (χ2n) is 6.46. The van der Waals surface area contributed by atoms with Crippen LogP contribution in [0, 0.1) is 0 Å². The molecule has 1 atom stereocenters. The smallest absolute Gasteiger partial charge is 0.214 e. The average molecular weight is 392 g/mol. The van der Waals surface area contributed by atoms with Crippen LogP contribution in [0.25, 0.3) is 0 Å². The number of aromatic nitrogens is 3. The summed E-state index contributed by atoms with van der Waals surface area (Å²) in [5.74, 6) is 1.58. The van der Waals surface area contributed by atoms with E-state index >= 15 is 0 Å². The Labute approximate surface area is 149 Å². The van der Waals surface area contributed by atoms with Crippen molar-refractivity contribution >= 4 is 20.0 Å². The minimum Gasteiger partial charge on any atom is -0.312 e. The lowest BCUT2D eigenvalue weighted by molar-refractivity contribution is 0.292. The maximum Gasteiger partial charge on any atom is 0.214 e. The summed E-state index contributed by atoms with van der Waals surface area (Å²) in [4.78, 5) is 0. The quantitative estimate of drug-likeness (QED) is 0.698. The Hall–Kier alpha value is -1.04. The molecule has 0 bridgehead atoms. The van der Waals surface area contributed by atoms with E-state index in [0.29, 0.717) is 32.0 Å². The first-order valence-corrected chi connectivity index (χ1v) is 11.9. The number of hydrogen-bond acceptors (Lipinski definition) is 6. The molecule has 11 heteroatoms.